The van der Waals surface area contributed by atoms with E-state index in [1.807, 2.05) is 0 Å². The van der Waals surface area contributed by atoms with Gasteiger partial charge in [0.15, 0.2) is 17.3 Å². The molecule has 0 aliphatic carbocycles. The monoisotopic (exact) mass is 265 g/mol. The molecule has 2 rings (SSSR count). The number of halogens is 1. The second kappa shape index (κ2) is 6.66. The zero-order valence-electron chi connectivity index (χ0n) is 11.3. The van der Waals surface area contributed by atoms with E-state index in [9.17, 15) is 9.18 Å². The van der Waals surface area contributed by atoms with E-state index in [0.717, 1.165) is 19.6 Å². The Morgan fingerprint density at radius 3 is 2.68 bits per heavy atom. The molecule has 0 bridgehead atoms. The predicted octanol–water partition coefficient (Wildman–Crippen LogP) is 2.89. The molecule has 0 unspecified atom stereocenters. The van der Waals surface area contributed by atoms with Crippen LogP contribution in [0.15, 0.2) is 18.2 Å². The molecule has 1 aliphatic rings. The predicted molar refractivity (Wildman–Crippen MR) is 72.2 cm³/mol. The summed E-state index contributed by atoms with van der Waals surface area (Å²) in [7, 11) is 0. The van der Waals surface area contributed by atoms with Crippen LogP contribution < -0.4 is 4.74 Å². The van der Waals surface area contributed by atoms with Crippen molar-refractivity contribution < 1.29 is 13.9 Å². The van der Waals surface area contributed by atoms with Crippen molar-refractivity contribution in [3.8, 4) is 5.75 Å². The van der Waals surface area contributed by atoms with E-state index in [4.69, 9.17) is 4.74 Å². The van der Waals surface area contributed by atoms with Gasteiger partial charge in [0.05, 0.1) is 0 Å². The first-order valence-electron chi connectivity index (χ1n) is 6.82. The van der Waals surface area contributed by atoms with E-state index in [2.05, 4.69) is 4.90 Å². The maximum absolute atomic E-state index is 13.7. The van der Waals surface area contributed by atoms with Crippen molar-refractivity contribution in [1.29, 1.82) is 0 Å². The molecule has 1 aliphatic heterocycles. The fourth-order valence-corrected chi connectivity index (χ4v) is 2.30. The summed E-state index contributed by atoms with van der Waals surface area (Å²) < 4.78 is 19.1. The molecule has 0 spiro atoms. The largest absolute Gasteiger partial charge is 0.489 e. The van der Waals surface area contributed by atoms with Crippen molar-refractivity contribution in [2.24, 2.45) is 0 Å². The van der Waals surface area contributed by atoms with E-state index in [1.54, 1.807) is 6.07 Å². The van der Waals surface area contributed by atoms with Crippen LogP contribution in [-0.4, -0.2) is 36.9 Å². The molecule has 1 aromatic carbocycles. The lowest BCUT2D eigenvalue weighted by Gasteiger charge is -2.26. The highest BCUT2D eigenvalue weighted by Crippen LogP contribution is 2.18. The lowest BCUT2D eigenvalue weighted by atomic mass is 10.1. The summed E-state index contributed by atoms with van der Waals surface area (Å²) in [5.74, 6) is -0.382. The van der Waals surface area contributed by atoms with Crippen LogP contribution in [0.5, 0.6) is 5.75 Å². The summed E-state index contributed by atoms with van der Waals surface area (Å²) in [6.07, 6.45) is 3.78. The average molecular weight is 265 g/mol. The molecule has 1 fully saturated rings. The number of rotatable bonds is 5. The topological polar surface area (TPSA) is 29.5 Å². The Kier molecular flexibility index (Phi) is 4.91. The Morgan fingerprint density at radius 2 is 2.05 bits per heavy atom. The molecule has 0 atom stereocenters. The van der Waals surface area contributed by atoms with Crippen LogP contribution >= 0.6 is 0 Å². The third kappa shape index (κ3) is 4.03. The van der Waals surface area contributed by atoms with Crippen molar-refractivity contribution in [3.63, 3.8) is 0 Å². The lowest BCUT2D eigenvalue weighted by molar-refractivity contribution is 0.101. The highest BCUT2D eigenvalue weighted by Gasteiger charge is 2.11. The highest BCUT2D eigenvalue weighted by molar-refractivity contribution is 5.94. The molecule has 1 aromatic rings. The van der Waals surface area contributed by atoms with Gasteiger partial charge in [-0.15, -0.1) is 0 Å². The van der Waals surface area contributed by atoms with Crippen molar-refractivity contribution in [2.45, 2.75) is 26.2 Å². The fourth-order valence-electron chi connectivity index (χ4n) is 2.30. The zero-order valence-corrected chi connectivity index (χ0v) is 11.3. The summed E-state index contributed by atoms with van der Waals surface area (Å²) in [4.78, 5) is 13.5. The summed E-state index contributed by atoms with van der Waals surface area (Å²) in [6, 6.07) is 4.36. The molecular weight excluding hydrogens is 245 g/mol. The normalized spacial score (nSPS) is 16.3. The van der Waals surface area contributed by atoms with E-state index in [0.29, 0.717) is 12.2 Å². The van der Waals surface area contributed by atoms with Crippen molar-refractivity contribution in [1.82, 2.24) is 4.90 Å². The number of carbonyl (C=O) groups excluding carboxylic acids is 1. The second-order valence-electron chi connectivity index (χ2n) is 4.95. The van der Waals surface area contributed by atoms with Gasteiger partial charge in [0, 0.05) is 12.1 Å². The molecule has 0 saturated carbocycles. The van der Waals surface area contributed by atoms with Crippen LogP contribution in [0.1, 0.15) is 36.5 Å². The number of ketones is 1. The molecule has 1 saturated heterocycles. The van der Waals surface area contributed by atoms with Gasteiger partial charge in [-0.05, 0) is 51.1 Å². The van der Waals surface area contributed by atoms with Gasteiger partial charge in [-0.2, -0.15) is 0 Å². The van der Waals surface area contributed by atoms with Gasteiger partial charge in [-0.1, -0.05) is 6.42 Å². The molecule has 104 valence electrons. The molecule has 3 nitrogen and oxygen atoms in total. The Bertz CT molecular complexity index is 442. The number of likely N-dealkylation sites (tertiary alicyclic amines) is 1. The van der Waals surface area contributed by atoms with Gasteiger partial charge in [0.1, 0.15) is 6.61 Å². The van der Waals surface area contributed by atoms with Crippen LogP contribution in [0.25, 0.3) is 0 Å². The van der Waals surface area contributed by atoms with Crippen LogP contribution in [0.4, 0.5) is 4.39 Å². The van der Waals surface area contributed by atoms with Gasteiger partial charge >= 0.3 is 0 Å². The number of hydrogen-bond acceptors (Lipinski definition) is 3. The third-order valence-electron chi connectivity index (χ3n) is 3.45. The molecule has 0 aromatic heterocycles. The number of ether oxygens (including phenoxy) is 1. The number of hydrogen-bond donors (Lipinski definition) is 0. The number of Topliss-reactive ketones (excluding diaryl/α,β-unsaturated/α-hetero) is 1. The standard InChI is InChI=1S/C15H20FNO2/c1-12(18)13-5-6-15(14(16)11-13)19-10-9-17-7-3-2-4-8-17/h5-6,11H,2-4,7-10H2,1H3. The zero-order chi connectivity index (χ0) is 13.7. The average Bonchev–Trinajstić information content (AvgIpc) is 2.41. The summed E-state index contributed by atoms with van der Waals surface area (Å²) >= 11 is 0. The molecular formula is C15H20FNO2. The molecule has 0 N–H and O–H groups in total. The number of piperidine rings is 1. The minimum Gasteiger partial charge on any atom is -0.489 e. The maximum Gasteiger partial charge on any atom is 0.165 e. The highest BCUT2D eigenvalue weighted by atomic mass is 19.1. The minimum atomic E-state index is -0.466. The van der Waals surface area contributed by atoms with Crippen molar-refractivity contribution >= 4 is 5.78 Å². The molecule has 19 heavy (non-hydrogen) atoms. The van der Waals surface area contributed by atoms with E-state index in [1.165, 1.54) is 38.3 Å². The maximum atomic E-state index is 13.7. The number of carbonyl (C=O) groups is 1. The quantitative estimate of drug-likeness (QED) is 0.767. The van der Waals surface area contributed by atoms with Gasteiger partial charge in [0.2, 0.25) is 0 Å². The number of benzene rings is 1. The van der Waals surface area contributed by atoms with Crippen LogP contribution in [0, 0.1) is 5.82 Å². The second-order valence-corrected chi connectivity index (χ2v) is 4.95. The Hall–Kier alpha value is -1.42. The SMILES string of the molecule is CC(=O)c1ccc(OCCN2CCCCC2)c(F)c1. The van der Waals surface area contributed by atoms with Crippen LogP contribution in [-0.2, 0) is 0 Å². The summed E-state index contributed by atoms with van der Waals surface area (Å²) in [6.45, 7) is 4.94. The van der Waals surface area contributed by atoms with Crippen molar-refractivity contribution in [2.75, 3.05) is 26.2 Å². The van der Waals surface area contributed by atoms with Gasteiger partial charge in [-0.3, -0.25) is 9.69 Å². The lowest BCUT2D eigenvalue weighted by Crippen LogP contribution is -2.33. The van der Waals surface area contributed by atoms with E-state index < -0.39 is 5.82 Å². The fraction of sp³-hybridized carbons (Fsp3) is 0.533. The first-order chi connectivity index (χ1) is 9.16. The van der Waals surface area contributed by atoms with Gasteiger partial charge < -0.3 is 4.74 Å². The minimum absolute atomic E-state index is 0.140. The third-order valence-corrected chi connectivity index (χ3v) is 3.45. The molecule has 0 amide bonds. The Labute approximate surface area is 113 Å². The summed E-state index contributed by atoms with van der Waals surface area (Å²) in [5.41, 5.74) is 0.376. The van der Waals surface area contributed by atoms with Gasteiger partial charge in [0.25, 0.3) is 0 Å². The summed E-state index contributed by atoms with van der Waals surface area (Å²) in [5, 5.41) is 0. The number of nitrogens with zero attached hydrogens (tertiary/aromatic N) is 1. The molecule has 4 heteroatoms. The van der Waals surface area contributed by atoms with Crippen LogP contribution in [0.2, 0.25) is 0 Å². The molecule has 1 heterocycles. The Balaban J connectivity index is 1.83. The smallest absolute Gasteiger partial charge is 0.165 e. The van der Waals surface area contributed by atoms with E-state index >= 15 is 0 Å². The Morgan fingerprint density at radius 1 is 1.32 bits per heavy atom. The molecule has 0 radical (unpaired) electrons. The van der Waals surface area contributed by atoms with Gasteiger partial charge in [-0.25, -0.2) is 4.39 Å². The first-order valence-corrected chi connectivity index (χ1v) is 6.82. The van der Waals surface area contributed by atoms with Crippen molar-refractivity contribution in [3.05, 3.63) is 29.6 Å². The first kappa shape index (κ1) is 14.0. The van der Waals surface area contributed by atoms with Crippen LogP contribution in [0.3, 0.4) is 0 Å². The van der Waals surface area contributed by atoms with E-state index in [-0.39, 0.29) is 11.5 Å².